The fourth-order valence-corrected chi connectivity index (χ4v) is 2.42. The molecule has 0 spiro atoms. The minimum atomic E-state index is 0.117. The lowest BCUT2D eigenvalue weighted by atomic mass is 10.0. The molecule has 1 unspecified atom stereocenters. The lowest BCUT2D eigenvalue weighted by Gasteiger charge is -2.20. The van der Waals surface area contributed by atoms with Gasteiger partial charge in [0.25, 0.3) is 0 Å². The Bertz CT molecular complexity index is 543. The summed E-state index contributed by atoms with van der Waals surface area (Å²) in [4.78, 5) is 2.33. The lowest BCUT2D eigenvalue weighted by Crippen LogP contribution is -2.23. The molecule has 0 aromatic heterocycles. The Morgan fingerprint density at radius 1 is 0.905 bits per heavy atom. The predicted octanol–water partition coefficient (Wildman–Crippen LogP) is 3.83. The Hall–Kier alpha value is -1.64. The summed E-state index contributed by atoms with van der Waals surface area (Å²) in [7, 11) is 2.15. The van der Waals surface area contributed by atoms with Crippen LogP contribution in [0.15, 0.2) is 48.5 Å². The zero-order valence-corrected chi connectivity index (χ0v) is 13.3. The van der Waals surface area contributed by atoms with Gasteiger partial charge >= 0.3 is 0 Å². The fourth-order valence-electron chi connectivity index (χ4n) is 2.42. The van der Waals surface area contributed by atoms with Crippen LogP contribution in [-0.4, -0.2) is 18.5 Å². The van der Waals surface area contributed by atoms with Crippen molar-refractivity contribution in [3.8, 4) is 0 Å². The normalized spacial score (nSPS) is 12.6. The number of rotatable bonds is 6. The van der Waals surface area contributed by atoms with Crippen LogP contribution in [0, 0.1) is 13.8 Å². The average molecular weight is 282 g/mol. The first-order chi connectivity index (χ1) is 10.0. The SMILES string of the molecule is Cc1ccc(CN(C)CCC(N)c2ccc(C)cc2)cc1. The maximum absolute atomic E-state index is 6.28. The van der Waals surface area contributed by atoms with Gasteiger partial charge in [-0.2, -0.15) is 0 Å². The molecule has 0 amide bonds. The summed E-state index contributed by atoms with van der Waals surface area (Å²) in [6.07, 6.45) is 0.978. The van der Waals surface area contributed by atoms with E-state index in [0.717, 1.165) is 19.5 Å². The third-order valence-electron chi connectivity index (χ3n) is 3.90. The van der Waals surface area contributed by atoms with Gasteiger partial charge in [0.1, 0.15) is 0 Å². The van der Waals surface area contributed by atoms with E-state index in [2.05, 4.69) is 74.3 Å². The van der Waals surface area contributed by atoms with Crippen molar-refractivity contribution in [3.63, 3.8) is 0 Å². The molecular weight excluding hydrogens is 256 g/mol. The van der Waals surface area contributed by atoms with Crippen molar-refractivity contribution in [2.24, 2.45) is 5.73 Å². The summed E-state index contributed by atoms with van der Waals surface area (Å²) in [5.74, 6) is 0. The van der Waals surface area contributed by atoms with E-state index in [1.54, 1.807) is 0 Å². The van der Waals surface area contributed by atoms with E-state index in [9.17, 15) is 0 Å². The summed E-state index contributed by atoms with van der Waals surface area (Å²) in [6, 6.07) is 17.4. The Morgan fingerprint density at radius 3 is 2.00 bits per heavy atom. The Balaban J connectivity index is 1.81. The molecule has 2 aromatic carbocycles. The van der Waals surface area contributed by atoms with Gasteiger partial charge in [-0.25, -0.2) is 0 Å². The van der Waals surface area contributed by atoms with Crippen LogP contribution in [-0.2, 0) is 6.54 Å². The third kappa shape index (κ3) is 5.00. The molecule has 0 heterocycles. The topological polar surface area (TPSA) is 29.3 Å². The highest BCUT2D eigenvalue weighted by Crippen LogP contribution is 2.15. The second-order valence-electron chi connectivity index (χ2n) is 6.03. The van der Waals surface area contributed by atoms with E-state index in [1.807, 2.05) is 0 Å². The van der Waals surface area contributed by atoms with Gasteiger partial charge in [0.05, 0.1) is 0 Å². The van der Waals surface area contributed by atoms with Crippen molar-refractivity contribution in [2.75, 3.05) is 13.6 Å². The molecule has 1 atom stereocenters. The first-order valence-electron chi connectivity index (χ1n) is 7.61. The molecule has 0 aliphatic carbocycles. The van der Waals surface area contributed by atoms with E-state index in [0.29, 0.717) is 0 Å². The van der Waals surface area contributed by atoms with Gasteiger partial charge in [-0.05, 0) is 45.0 Å². The number of hydrogen-bond acceptors (Lipinski definition) is 2. The van der Waals surface area contributed by atoms with Crippen molar-refractivity contribution in [2.45, 2.75) is 32.9 Å². The Labute approximate surface area is 128 Å². The average Bonchev–Trinajstić information content (AvgIpc) is 2.48. The summed E-state index contributed by atoms with van der Waals surface area (Å²) in [5, 5.41) is 0. The largest absolute Gasteiger partial charge is 0.324 e. The van der Waals surface area contributed by atoms with E-state index < -0.39 is 0 Å². The molecule has 0 fully saturated rings. The Kier molecular flexibility index (Phi) is 5.54. The van der Waals surface area contributed by atoms with Gasteiger partial charge in [0, 0.05) is 12.6 Å². The maximum Gasteiger partial charge on any atom is 0.0307 e. The molecule has 0 bridgehead atoms. The standard InChI is InChI=1S/C19H26N2/c1-15-4-8-17(9-5-15)14-21(3)13-12-19(20)18-10-6-16(2)7-11-18/h4-11,19H,12-14,20H2,1-3H3. The lowest BCUT2D eigenvalue weighted by molar-refractivity contribution is 0.311. The molecule has 112 valence electrons. The number of hydrogen-bond donors (Lipinski definition) is 1. The van der Waals surface area contributed by atoms with Gasteiger partial charge in [-0.15, -0.1) is 0 Å². The van der Waals surface area contributed by atoms with Crippen molar-refractivity contribution in [1.82, 2.24) is 4.90 Å². The van der Waals surface area contributed by atoms with Crippen LogP contribution in [0.1, 0.15) is 34.7 Å². The zero-order chi connectivity index (χ0) is 15.2. The van der Waals surface area contributed by atoms with Crippen molar-refractivity contribution in [1.29, 1.82) is 0 Å². The van der Waals surface area contributed by atoms with Crippen LogP contribution in [0.25, 0.3) is 0 Å². The van der Waals surface area contributed by atoms with Gasteiger partial charge in [0.15, 0.2) is 0 Å². The minimum absolute atomic E-state index is 0.117. The summed E-state index contributed by atoms with van der Waals surface area (Å²) < 4.78 is 0. The smallest absolute Gasteiger partial charge is 0.0307 e. The second-order valence-corrected chi connectivity index (χ2v) is 6.03. The molecule has 0 radical (unpaired) electrons. The molecule has 0 saturated heterocycles. The van der Waals surface area contributed by atoms with Crippen molar-refractivity contribution in [3.05, 3.63) is 70.8 Å². The maximum atomic E-state index is 6.28. The van der Waals surface area contributed by atoms with Crippen LogP contribution in [0.2, 0.25) is 0 Å². The van der Waals surface area contributed by atoms with Crippen molar-refractivity contribution >= 4 is 0 Å². The molecule has 2 heteroatoms. The van der Waals surface area contributed by atoms with Gasteiger partial charge in [-0.1, -0.05) is 59.7 Å². The molecule has 2 aromatic rings. The summed E-state index contributed by atoms with van der Waals surface area (Å²) in [6.45, 7) is 6.20. The molecule has 0 saturated carbocycles. The van der Waals surface area contributed by atoms with E-state index in [-0.39, 0.29) is 6.04 Å². The van der Waals surface area contributed by atoms with Crippen LogP contribution in [0.5, 0.6) is 0 Å². The van der Waals surface area contributed by atoms with E-state index >= 15 is 0 Å². The van der Waals surface area contributed by atoms with Crippen LogP contribution < -0.4 is 5.73 Å². The molecule has 21 heavy (non-hydrogen) atoms. The molecular formula is C19H26N2. The van der Waals surface area contributed by atoms with Gasteiger partial charge in [-0.3, -0.25) is 0 Å². The number of aryl methyl sites for hydroxylation is 2. The molecule has 2 rings (SSSR count). The monoisotopic (exact) mass is 282 g/mol. The first-order valence-corrected chi connectivity index (χ1v) is 7.61. The van der Waals surface area contributed by atoms with Gasteiger partial charge < -0.3 is 10.6 Å². The number of benzene rings is 2. The highest BCUT2D eigenvalue weighted by atomic mass is 15.1. The molecule has 2 nitrogen and oxygen atoms in total. The van der Waals surface area contributed by atoms with Gasteiger partial charge in [0.2, 0.25) is 0 Å². The third-order valence-corrected chi connectivity index (χ3v) is 3.90. The van der Waals surface area contributed by atoms with Crippen LogP contribution >= 0.6 is 0 Å². The second kappa shape index (κ2) is 7.39. The van der Waals surface area contributed by atoms with Crippen molar-refractivity contribution < 1.29 is 0 Å². The first kappa shape index (κ1) is 15.7. The minimum Gasteiger partial charge on any atom is -0.324 e. The fraction of sp³-hybridized carbons (Fsp3) is 0.368. The summed E-state index contributed by atoms with van der Waals surface area (Å²) in [5.41, 5.74) is 11.4. The molecule has 0 aliphatic rings. The molecule has 0 aliphatic heterocycles. The number of nitrogens with two attached hydrogens (primary N) is 1. The Morgan fingerprint density at radius 2 is 1.43 bits per heavy atom. The molecule has 2 N–H and O–H groups in total. The summed E-state index contributed by atoms with van der Waals surface area (Å²) >= 11 is 0. The quantitative estimate of drug-likeness (QED) is 0.872. The van der Waals surface area contributed by atoms with E-state index in [4.69, 9.17) is 5.73 Å². The highest BCUT2D eigenvalue weighted by molar-refractivity contribution is 5.24. The highest BCUT2D eigenvalue weighted by Gasteiger charge is 2.08. The van der Waals surface area contributed by atoms with Crippen LogP contribution in [0.3, 0.4) is 0 Å². The van der Waals surface area contributed by atoms with E-state index in [1.165, 1.54) is 22.3 Å². The number of nitrogens with zero attached hydrogens (tertiary/aromatic N) is 1. The zero-order valence-electron chi connectivity index (χ0n) is 13.3. The predicted molar refractivity (Wildman–Crippen MR) is 90.2 cm³/mol. The van der Waals surface area contributed by atoms with Crippen LogP contribution in [0.4, 0.5) is 0 Å².